The molecule has 0 saturated carbocycles. The first-order valence-corrected chi connectivity index (χ1v) is 12.7. The van der Waals surface area contributed by atoms with Gasteiger partial charge in [-0.25, -0.2) is 4.90 Å². The van der Waals surface area contributed by atoms with E-state index in [0.717, 1.165) is 0 Å². The molecule has 7 rings (SSSR count). The number of carbonyl (C=O) groups is 2. The molecule has 3 aliphatic carbocycles. The molecule has 3 nitrogen and oxygen atoms in total. The van der Waals surface area contributed by atoms with E-state index in [-0.39, 0.29) is 46.3 Å². The molecule has 0 N–H and O–H groups in total. The quantitative estimate of drug-likeness (QED) is 0.378. The lowest BCUT2D eigenvalue weighted by atomic mass is 9.54. The van der Waals surface area contributed by atoms with Gasteiger partial charge in [0.05, 0.1) is 17.5 Å². The van der Waals surface area contributed by atoms with Crippen molar-refractivity contribution < 1.29 is 9.59 Å². The van der Waals surface area contributed by atoms with E-state index in [1.807, 2.05) is 30.3 Å². The summed E-state index contributed by atoms with van der Waals surface area (Å²) in [5.74, 6) is -1.03. The largest absolute Gasteiger partial charge is 0.274 e. The fourth-order valence-electron chi connectivity index (χ4n) is 6.54. The molecule has 0 radical (unpaired) electrons. The summed E-state index contributed by atoms with van der Waals surface area (Å²) in [5.41, 5.74) is 8.14. The third-order valence-electron chi connectivity index (χ3n) is 8.38. The first-order chi connectivity index (χ1) is 16.5. The van der Waals surface area contributed by atoms with Crippen molar-refractivity contribution in [3.63, 3.8) is 0 Å². The van der Waals surface area contributed by atoms with E-state index in [0.29, 0.717) is 5.69 Å². The molecule has 3 aromatic carbocycles. The minimum atomic E-state index is -0.358. The molecule has 1 fully saturated rings. The Hall–Kier alpha value is -3.20. The number of hydrogen-bond acceptors (Lipinski definition) is 2. The molecule has 1 aliphatic heterocycles. The molecule has 3 aromatic rings. The van der Waals surface area contributed by atoms with Crippen LogP contribution in [-0.4, -0.2) is 11.8 Å². The standard InChI is InChI=1S/C32H33NO2/c1-31(2,3)18-12-14-21-23(16-18)25-22-15-13-19(32(4,5)6)17-24(22)26(21)28-27(25)29(34)33(30(28)35)20-10-8-7-9-11-20/h7-17,25-28H,1-6H3/t25-,26+,27-,28-/m1/s1. The van der Waals surface area contributed by atoms with E-state index < -0.39 is 0 Å². The number of anilines is 1. The van der Waals surface area contributed by atoms with E-state index in [2.05, 4.69) is 77.9 Å². The Kier molecular flexibility index (Phi) is 4.56. The lowest BCUT2D eigenvalue weighted by Crippen LogP contribution is -2.42. The predicted octanol–water partition coefficient (Wildman–Crippen LogP) is 6.68. The third-order valence-corrected chi connectivity index (χ3v) is 8.38. The molecule has 0 spiro atoms. The molecular formula is C32H33NO2. The highest BCUT2D eigenvalue weighted by atomic mass is 16.2. The van der Waals surface area contributed by atoms with Crippen LogP contribution in [0.3, 0.4) is 0 Å². The van der Waals surface area contributed by atoms with Crippen molar-refractivity contribution in [3.05, 3.63) is 100 Å². The van der Waals surface area contributed by atoms with Gasteiger partial charge in [-0.2, -0.15) is 0 Å². The zero-order valence-electron chi connectivity index (χ0n) is 21.4. The fraction of sp³-hybridized carbons (Fsp3) is 0.375. The van der Waals surface area contributed by atoms with Gasteiger partial charge in [0.25, 0.3) is 0 Å². The number of hydrogen-bond donors (Lipinski definition) is 0. The summed E-state index contributed by atoms with van der Waals surface area (Å²) in [7, 11) is 0. The molecule has 2 bridgehead atoms. The highest BCUT2D eigenvalue weighted by molar-refractivity contribution is 6.23. The van der Waals surface area contributed by atoms with Crippen molar-refractivity contribution in [3.8, 4) is 0 Å². The van der Waals surface area contributed by atoms with Crippen molar-refractivity contribution in [2.75, 3.05) is 4.90 Å². The van der Waals surface area contributed by atoms with E-state index in [1.54, 1.807) is 0 Å². The van der Waals surface area contributed by atoms with Crippen LogP contribution in [0.15, 0.2) is 66.7 Å². The maximum atomic E-state index is 14.0. The van der Waals surface area contributed by atoms with Crippen molar-refractivity contribution in [2.45, 2.75) is 64.2 Å². The lowest BCUT2D eigenvalue weighted by molar-refractivity contribution is -0.122. The van der Waals surface area contributed by atoms with Crippen LogP contribution in [0.4, 0.5) is 5.69 Å². The number of amides is 2. The molecule has 1 saturated heterocycles. The molecule has 3 heteroatoms. The van der Waals surface area contributed by atoms with Gasteiger partial charge in [0.15, 0.2) is 0 Å². The zero-order valence-corrected chi connectivity index (χ0v) is 21.4. The second-order valence-electron chi connectivity index (χ2n) is 12.5. The number of carbonyl (C=O) groups excluding carboxylic acids is 2. The van der Waals surface area contributed by atoms with Crippen molar-refractivity contribution in [1.29, 1.82) is 0 Å². The Bertz CT molecular complexity index is 1290. The van der Waals surface area contributed by atoms with Gasteiger partial charge in [0.2, 0.25) is 11.8 Å². The highest BCUT2D eigenvalue weighted by Crippen LogP contribution is 2.62. The fourth-order valence-corrected chi connectivity index (χ4v) is 6.54. The average Bonchev–Trinajstić information content (AvgIpc) is 3.08. The maximum absolute atomic E-state index is 14.0. The summed E-state index contributed by atoms with van der Waals surface area (Å²) in [4.78, 5) is 29.4. The second-order valence-corrected chi connectivity index (χ2v) is 12.5. The molecule has 4 aliphatic rings. The monoisotopic (exact) mass is 463 g/mol. The molecule has 2 amide bonds. The van der Waals surface area contributed by atoms with Crippen LogP contribution in [0.5, 0.6) is 0 Å². The Morgan fingerprint density at radius 1 is 0.571 bits per heavy atom. The summed E-state index contributed by atoms with van der Waals surface area (Å²) >= 11 is 0. The van der Waals surface area contributed by atoms with Gasteiger partial charge in [-0.15, -0.1) is 0 Å². The number of benzene rings is 3. The van der Waals surface area contributed by atoms with Crippen molar-refractivity contribution >= 4 is 17.5 Å². The molecule has 0 unspecified atom stereocenters. The van der Waals surface area contributed by atoms with Crippen LogP contribution in [0.1, 0.15) is 86.8 Å². The minimum absolute atomic E-state index is 0.00955. The summed E-state index contributed by atoms with van der Waals surface area (Å²) in [6.45, 7) is 13.4. The van der Waals surface area contributed by atoms with E-state index in [4.69, 9.17) is 0 Å². The zero-order chi connectivity index (χ0) is 24.9. The van der Waals surface area contributed by atoms with Crippen LogP contribution in [0.25, 0.3) is 0 Å². The smallest absolute Gasteiger partial charge is 0.238 e. The molecule has 35 heavy (non-hydrogen) atoms. The highest BCUT2D eigenvalue weighted by Gasteiger charge is 2.62. The summed E-state index contributed by atoms with van der Waals surface area (Å²) in [6.07, 6.45) is 0. The molecule has 4 atom stereocenters. The van der Waals surface area contributed by atoms with Crippen LogP contribution in [0, 0.1) is 11.8 Å². The summed E-state index contributed by atoms with van der Waals surface area (Å²) in [6, 6.07) is 23.0. The summed E-state index contributed by atoms with van der Waals surface area (Å²) in [5, 5.41) is 0. The van der Waals surface area contributed by atoms with Gasteiger partial charge in [0, 0.05) is 11.8 Å². The number of nitrogens with zero attached hydrogens (tertiary/aromatic N) is 1. The first-order valence-electron chi connectivity index (χ1n) is 12.7. The Morgan fingerprint density at radius 2 is 1.00 bits per heavy atom. The van der Waals surface area contributed by atoms with Gasteiger partial charge in [-0.1, -0.05) is 96.1 Å². The average molecular weight is 464 g/mol. The Balaban J connectivity index is 1.59. The third kappa shape index (κ3) is 3.10. The normalized spacial score (nSPS) is 24.9. The van der Waals surface area contributed by atoms with Gasteiger partial charge in [-0.05, 0) is 56.3 Å². The van der Waals surface area contributed by atoms with Gasteiger partial charge in [0.1, 0.15) is 0 Å². The topological polar surface area (TPSA) is 37.4 Å². The van der Waals surface area contributed by atoms with Crippen molar-refractivity contribution in [1.82, 2.24) is 0 Å². The van der Waals surface area contributed by atoms with Crippen LogP contribution < -0.4 is 4.90 Å². The molecule has 178 valence electrons. The van der Waals surface area contributed by atoms with Crippen LogP contribution >= 0.6 is 0 Å². The SMILES string of the molecule is CC(C)(C)c1ccc2c(c1)[C@H]1c3ccc(C(C)(C)C)cc3[C@H]2[C@H]2C(=O)N(c3ccccc3)C(=O)[C@H]12. The van der Waals surface area contributed by atoms with Gasteiger partial charge in [-0.3, -0.25) is 9.59 Å². The minimum Gasteiger partial charge on any atom is -0.274 e. The Morgan fingerprint density at radius 3 is 1.40 bits per heavy atom. The number of imide groups is 1. The predicted molar refractivity (Wildman–Crippen MR) is 140 cm³/mol. The maximum Gasteiger partial charge on any atom is 0.238 e. The molecule has 1 heterocycles. The molecular weight excluding hydrogens is 430 g/mol. The van der Waals surface area contributed by atoms with Gasteiger partial charge >= 0.3 is 0 Å². The van der Waals surface area contributed by atoms with Crippen LogP contribution in [0.2, 0.25) is 0 Å². The first kappa shape index (κ1) is 22.3. The van der Waals surface area contributed by atoms with Crippen LogP contribution in [-0.2, 0) is 20.4 Å². The number of rotatable bonds is 1. The lowest BCUT2D eigenvalue weighted by Gasteiger charge is -2.47. The second kappa shape index (κ2) is 7.16. The number of para-hydroxylation sites is 1. The Labute approximate surface area is 208 Å². The van der Waals surface area contributed by atoms with E-state index in [9.17, 15) is 9.59 Å². The van der Waals surface area contributed by atoms with E-state index in [1.165, 1.54) is 38.3 Å². The van der Waals surface area contributed by atoms with Crippen molar-refractivity contribution in [2.24, 2.45) is 11.8 Å². The van der Waals surface area contributed by atoms with Gasteiger partial charge < -0.3 is 0 Å². The van der Waals surface area contributed by atoms with E-state index >= 15 is 0 Å². The summed E-state index contributed by atoms with van der Waals surface area (Å²) < 4.78 is 0. The molecule has 0 aromatic heterocycles.